The first-order valence-electron chi connectivity index (χ1n) is 9.82. The molecule has 0 radical (unpaired) electrons. The van der Waals surface area contributed by atoms with Crippen LogP contribution in [0.3, 0.4) is 0 Å². The normalized spacial score (nSPS) is 15.7. The van der Waals surface area contributed by atoms with Crippen LogP contribution in [0.2, 0.25) is 5.02 Å². The molecule has 1 fully saturated rings. The van der Waals surface area contributed by atoms with Gasteiger partial charge in [-0.05, 0) is 43.8 Å². The number of hydrogen-bond donors (Lipinski definition) is 0. The molecule has 3 aromatic rings. The fourth-order valence-corrected chi connectivity index (χ4v) is 3.68. The van der Waals surface area contributed by atoms with Gasteiger partial charge in [0.1, 0.15) is 0 Å². The lowest BCUT2D eigenvalue weighted by Gasteiger charge is -2.32. The van der Waals surface area contributed by atoms with E-state index in [4.69, 9.17) is 20.8 Å². The maximum absolute atomic E-state index is 6.07. The summed E-state index contributed by atoms with van der Waals surface area (Å²) in [6, 6.07) is 16.0. The van der Waals surface area contributed by atoms with Crippen molar-refractivity contribution in [2.45, 2.75) is 19.5 Å². The van der Waals surface area contributed by atoms with Gasteiger partial charge in [0.25, 0.3) is 0 Å². The Morgan fingerprint density at radius 1 is 1.10 bits per heavy atom. The van der Waals surface area contributed by atoms with Crippen LogP contribution >= 0.6 is 11.6 Å². The lowest BCUT2D eigenvalue weighted by molar-refractivity contribution is 0.122. The summed E-state index contributed by atoms with van der Waals surface area (Å²) in [6.07, 6.45) is 0. The fraction of sp³-hybridized carbons (Fsp3) is 0.364. The Bertz CT molecular complexity index is 955. The first-order valence-corrected chi connectivity index (χ1v) is 10.2. The summed E-state index contributed by atoms with van der Waals surface area (Å²) < 4.78 is 11.4. The van der Waals surface area contributed by atoms with Crippen molar-refractivity contribution in [2.75, 3.05) is 38.3 Å². The van der Waals surface area contributed by atoms with Crippen LogP contribution in [0.4, 0.5) is 5.69 Å². The summed E-state index contributed by atoms with van der Waals surface area (Å²) in [4.78, 5) is 4.61. The molecule has 4 rings (SSSR count). The molecule has 152 valence electrons. The highest BCUT2D eigenvalue weighted by atomic mass is 35.5. The van der Waals surface area contributed by atoms with Crippen LogP contribution in [0.1, 0.15) is 24.4 Å². The van der Waals surface area contributed by atoms with Crippen molar-refractivity contribution >= 4 is 17.3 Å². The van der Waals surface area contributed by atoms with Crippen molar-refractivity contribution in [2.24, 2.45) is 0 Å². The largest absolute Gasteiger partial charge is 0.419 e. The maximum Gasteiger partial charge on any atom is 0.247 e. The highest BCUT2D eigenvalue weighted by Gasteiger charge is 2.21. The molecule has 0 bridgehead atoms. The summed E-state index contributed by atoms with van der Waals surface area (Å²) >= 11 is 6.07. The molecule has 0 spiro atoms. The summed E-state index contributed by atoms with van der Waals surface area (Å²) in [5.74, 6) is 1.07. The third kappa shape index (κ3) is 4.61. The molecule has 1 atom stereocenters. The molecule has 1 aromatic heterocycles. The van der Waals surface area contributed by atoms with Crippen LogP contribution < -0.4 is 4.90 Å². The monoisotopic (exact) mass is 412 g/mol. The minimum absolute atomic E-state index is 0.0202. The number of halogens is 1. The lowest BCUT2D eigenvalue weighted by atomic mass is 10.1. The van der Waals surface area contributed by atoms with Crippen LogP contribution in [0.15, 0.2) is 52.9 Å². The van der Waals surface area contributed by atoms with E-state index in [2.05, 4.69) is 58.2 Å². The summed E-state index contributed by atoms with van der Waals surface area (Å²) in [6.45, 7) is 6.24. The highest BCUT2D eigenvalue weighted by molar-refractivity contribution is 6.30. The first-order chi connectivity index (χ1) is 14.1. The van der Waals surface area contributed by atoms with Crippen LogP contribution in [0.5, 0.6) is 0 Å². The van der Waals surface area contributed by atoms with E-state index in [9.17, 15) is 0 Å². The Morgan fingerprint density at radius 3 is 2.69 bits per heavy atom. The van der Waals surface area contributed by atoms with Crippen molar-refractivity contribution in [3.8, 4) is 11.5 Å². The van der Waals surface area contributed by atoms with E-state index in [1.54, 1.807) is 0 Å². The van der Waals surface area contributed by atoms with Gasteiger partial charge in [-0.1, -0.05) is 35.9 Å². The molecule has 1 aliphatic rings. The summed E-state index contributed by atoms with van der Waals surface area (Å²) in [5, 5.41) is 9.12. The van der Waals surface area contributed by atoms with Crippen molar-refractivity contribution in [3.05, 3.63) is 65.0 Å². The van der Waals surface area contributed by atoms with E-state index in [0.717, 1.165) is 38.4 Å². The van der Waals surface area contributed by atoms with Gasteiger partial charge < -0.3 is 14.1 Å². The molecular weight excluding hydrogens is 388 g/mol. The maximum atomic E-state index is 6.07. The number of nitrogens with zero attached hydrogens (tertiary/aromatic N) is 4. The van der Waals surface area contributed by atoms with Crippen molar-refractivity contribution in [1.82, 2.24) is 15.1 Å². The minimum atomic E-state index is -0.0202. The molecule has 2 aromatic carbocycles. The summed E-state index contributed by atoms with van der Waals surface area (Å²) in [5.41, 5.74) is 3.36. The Kier molecular flexibility index (Phi) is 6.13. The van der Waals surface area contributed by atoms with Crippen molar-refractivity contribution < 1.29 is 9.15 Å². The molecule has 0 amide bonds. The molecule has 2 heterocycles. The average Bonchev–Trinajstić information content (AvgIpc) is 3.24. The van der Waals surface area contributed by atoms with E-state index in [1.165, 1.54) is 11.3 Å². The van der Waals surface area contributed by atoms with Gasteiger partial charge in [0.2, 0.25) is 11.8 Å². The first kappa shape index (κ1) is 19.9. The molecule has 1 saturated heterocycles. The van der Waals surface area contributed by atoms with Crippen LogP contribution in [-0.4, -0.2) is 48.4 Å². The number of para-hydroxylation sites is 1. The van der Waals surface area contributed by atoms with E-state index < -0.39 is 0 Å². The molecular formula is C22H25ClN4O2. The van der Waals surface area contributed by atoms with Gasteiger partial charge in [-0.2, -0.15) is 0 Å². The Labute approximate surface area is 176 Å². The molecule has 1 aliphatic heterocycles. The van der Waals surface area contributed by atoms with Crippen LogP contribution in [0.25, 0.3) is 11.5 Å². The van der Waals surface area contributed by atoms with Crippen LogP contribution in [0, 0.1) is 0 Å². The number of ether oxygens (including phenoxy) is 1. The van der Waals surface area contributed by atoms with Crippen molar-refractivity contribution in [3.63, 3.8) is 0 Å². The van der Waals surface area contributed by atoms with Gasteiger partial charge in [-0.15, -0.1) is 10.2 Å². The second-order valence-corrected chi connectivity index (χ2v) is 7.71. The smallest absolute Gasteiger partial charge is 0.247 e. The second kappa shape index (κ2) is 8.95. The Balaban J connectivity index is 1.49. The van der Waals surface area contributed by atoms with E-state index in [-0.39, 0.29) is 6.04 Å². The quantitative estimate of drug-likeness (QED) is 0.597. The minimum Gasteiger partial charge on any atom is -0.419 e. The molecule has 0 saturated carbocycles. The molecule has 29 heavy (non-hydrogen) atoms. The van der Waals surface area contributed by atoms with E-state index in [0.29, 0.717) is 16.8 Å². The number of aromatic nitrogens is 2. The zero-order valence-electron chi connectivity index (χ0n) is 16.7. The van der Waals surface area contributed by atoms with Gasteiger partial charge in [-0.25, -0.2) is 0 Å². The van der Waals surface area contributed by atoms with Crippen molar-refractivity contribution in [1.29, 1.82) is 0 Å². The molecule has 7 heteroatoms. The predicted molar refractivity (Wildman–Crippen MR) is 114 cm³/mol. The second-order valence-electron chi connectivity index (χ2n) is 7.28. The zero-order valence-corrected chi connectivity index (χ0v) is 17.5. The number of anilines is 1. The van der Waals surface area contributed by atoms with Crippen LogP contribution in [-0.2, 0) is 11.3 Å². The summed E-state index contributed by atoms with van der Waals surface area (Å²) in [7, 11) is 2.07. The van der Waals surface area contributed by atoms with Gasteiger partial charge in [0.15, 0.2) is 0 Å². The number of morpholine rings is 1. The SMILES string of the molecule is C[C@H](c1nnc(-c2cccc(Cl)c2)o1)N(C)Cc1ccccc1N1CCOCC1. The topological polar surface area (TPSA) is 54.6 Å². The number of benzene rings is 2. The Hall–Kier alpha value is -2.41. The molecule has 6 nitrogen and oxygen atoms in total. The van der Waals surface area contributed by atoms with E-state index >= 15 is 0 Å². The standard InChI is InChI=1S/C22H25ClN4O2/c1-16(21-24-25-22(29-21)17-7-5-8-19(23)14-17)26(2)15-18-6-3-4-9-20(18)27-10-12-28-13-11-27/h3-9,14,16H,10-13,15H2,1-2H3/t16-/m1/s1. The lowest BCUT2D eigenvalue weighted by Crippen LogP contribution is -2.37. The number of hydrogen-bond acceptors (Lipinski definition) is 6. The third-order valence-electron chi connectivity index (χ3n) is 5.29. The highest BCUT2D eigenvalue weighted by Crippen LogP contribution is 2.28. The predicted octanol–water partition coefficient (Wildman–Crippen LogP) is 4.42. The zero-order chi connectivity index (χ0) is 20.2. The van der Waals surface area contributed by atoms with Gasteiger partial charge in [0.05, 0.1) is 19.3 Å². The molecule has 0 N–H and O–H groups in total. The average molecular weight is 413 g/mol. The number of rotatable bonds is 6. The van der Waals surface area contributed by atoms with Gasteiger partial charge in [0, 0.05) is 35.9 Å². The molecule has 0 aliphatic carbocycles. The van der Waals surface area contributed by atoms with Gasteiger partial charge in [-0.3, -0.25) is 4.90 Å². The molecule has 0 unspecified atom stereocenters. The van der Waals surface area contributed by atoms with Gasteiger partial charge >= 0.3 is 0 Å². The Morgan fingerprint density at radius 2 is 1.90 bits per heavy atom. The third-order valence-corrected chi connectivity index (χ3v) is 5.53. The fourth-order valence-electron chi connectivity index (χ4n) is 3.49. The van der Waals surface area contributed by atoms with E-state index in [1.807, 2.05) is 24.3 Å².